The van der Waals surface area contributed by atoms with Crippen molar-refractivity contribution in [1.82, 2.24) is 19.7 Å². The Hall–Kier alpha value is -1.66. The van der Waals surface area contributed by atoms with Gasteiger partial charge in [0.05, 0.1) is 12.5 Å². The molecule has 0 atom stereocenters. The van der Waals surface area contributed by atoms with Gasteiger partial charge in [-0.3, -0.25) is 0 Å². The largest absolute Gasteiger partial charge is 0.494 e. The molecule has 20 heavy (non-hydrogen) atoms. The smallest absolute Gasteiger partial charge is 0.224 e. The maximum Gasteiger partial charge on any atom is 0.224 e. The molecule has 0 aliphatic carbocycles. The van der Waals surface area contributed by atoms with Crippen LogP contribution in [0, 0.1) is 6.92 Å². The second-order valence-corrected chi connectivity index (χ2v) is 5.52. The van der Waals surface area contributed by atoms with E-state index in [9.17, 15) is 0 Å². The number of nitrogens with zero attached hydrogens (tertiary/aromatic N) is 4. The van der Waals surface area contributed by atoms with E-state index in [-0.39, 0.29) is 5.28 Å². The lowest BCUT2D eigenvalue weighted by atomic mass is 10.2. The second-order valence-electron chi connectivity index (χ2n) is 4.27. The van der Waals surface area contributed by atoms with Crippen molar-refractivity contribution in [2.24, 2.45) is 0 Å². The first-order chi connectivity index (χ1) is 9.58. The highest BCUT2D eigenvalue weighted by atomic mass is 79.9. The zero-order valence-electron chi connectivity index (χ0n) is 10.8. The Labute approximate surface area is 128 Å². The Morgan fingerprint density at radius 2 is 2.15 bits per heavy atom. The van der Waals surface area contributed by atoms with E-state index in [1.54, 1.807) is 18.0 Å². The first kappa shape index (κ1) is 13.3. The maximum absolute atomic E-state index is 5.78. The number of fused-ring (bicyclic) bond motifs is 1. The standard InChI is InChI=1S/C13H10BrClN4O/c1-7-3-9(14)4-10(20-2)11(7)19-6-8-5-16-13(15)17-12(8)18-19/h3-6H,1-2H3. The van der Waals surface area contributed by atoms with Crippen molar-refractivity contribution < 1.29 is 4.74 Å². The molecule has 0 aliphatic heterocycles. The molecule has 0 spiro atoms. The van der Waals surface area contributed by atoms with Crippen LogP contribution in [-0.2, 0) is 0 Å². The molecule has 0 amide bonds. The van der Waals surface area contributed by atoms with Crippen LogP contribution < -0.4 is 4.74 Å². The van der Waals surface area contributed by atoms with E-state index < -0.39 is 0 Å². The van der Waals surface area contributed by atoms with Crippen molar-refractivity contribution in [2.75, 3.05) is 7.11 Å². The fraction of sp³-hybridized carbons (Fsp3) is 0.154. The highest BCUT2D eigenvalue weighted by molar-refractivity contribution is 9.10. The third-order valence-electron chi connectivity index (χ3n) is 2.91. The molecule has 0 saturated carbocycles. The van der Waals surface area contributed by atoms with Crippen molar-refractivity contribution in [2.45, 2.75) is 6.92 Å². The van der Waals surface area contributed by atoms with E-state index in [2.05, 4.69) is 31.0 Å². The van der Waals surface area contributed by atoms with Crippen LogP contribution in [0.4, 0.5) is 0 Å². The fourth-order valence-corrected chi connectivity index (χ4v) is 2.74. The highest BCUT2D eigenvalue weighted by Gasteiger charge is 2.13. The summed E-state index contributed by atoms with van der Waals surface area (Å²) < 4.78 is 8.11. The number of benzene rings is 1. The third kappa shape index (κ3) is 2.25. The molecule has 0 unspecified atom stereocenters. The molecule has 0 aliphatic rings. The molecule has 1 aromatic carbocycles. The normalized spacial score (nSPS) is 11.0. The first-order valence-electron chi connectivity index (χ1n) is 5.81. The summed E-state index contributed by atoms with van der Waals surface area (Å²) in [6.45, 7) is 1.99. The summed E-state index contributed by atoms with van der Waals surface area (Å²) in [5.74, 6) is 0.726. The Morgan fingerprint density at radius 1 is 1.35 bits per heavy atom. The highest BCUT2D eigenvalue weighted by Crippen LogP contribution is 2.31. The van der Waals surface area contributed by atoms with Gasteiger partial charge < -0.3 is 4.74 Å². The summed E-state index contributed by atoms with van der Waals surface area (Å²) in [5, 5.41) is 5.43. The quantitative estimate of drug-likeness (QED) is 0.661. The predicted octanol–water partition coefficient (Wildman–Crippen LogP) is 3.55. The van der Waals surface area contributed by atoms with Crippen LogP contribution in [0.3, 0.4) is 0 Å². The molecule has 0 N–H and O–H groups in total. The summed E-state index contributed by atoms with van der Waals surface area (Å²) in [6, 6.07) is 3.90. The summed E-state index contributed by atoms with van der Waals surface area (Å²) in [4.78, 5) is 8.05. The number of aromatic nitrogens is 4. The van der Waals surface area contributed by atoms with E-state index in [0.29, 0.717) is 5.65 Å². The average Bonchev–Trinajstić information content (AvgIpc) is 2.79. The van der Waals surface area contributed by atoms with E-state index in [1.807, 2.05) is 25.3 Å². The van der Waals surface area contributed by atoms with Gasteiger partial charge in [-0.15, -0.1) is 5.10 Å². The molecule has 2 heterocycles. The minimum atomic E-state index is 0.183. The molecule has 102 valence electrons. The van der Waals surface area contributed by atoms with Crippen molar-refractivity contribution in [3.05, 3.63) is 39.8 Å². The van der Waals surface area contributed by atoms with E-state index in [4.69, 9.17) is 16.3 Å². The van der Waals surface area contributed by atoms with Gasteiger partial charge in [0.25, 0.3) is 0 Å². The minimum absolute atomic E-state index is 0.183. The van der Waals surface area contributed by atoms with Crippen LogP contribution in [0.2, 0.25) is 5.28 Å². The van der Waals surface area contributed by atoms with Gasteiger partial charge in [0.2, 0.25) is 5.28 Å². The number of halogens is 2. The van der Waals surface area contributed by atoms with Crippen LogP contribution >= 0.6 is 27.5 Å². The van der Waals surface area contributed by atoms with Crippen LogP contribution in [-0.4, -0.2) is 26.9 Å². The number of rotatable bonds is 2. The lowest BCUT2D eigenvalue weighted by Gasteiger charge is -2.12. The van der Waals surface area contributed by atoms with Gasteiger partial charge in [-0.25, -0.2) is 9.67 Å². The molecular weight excluding hydrogens is 344 g/mol. The Kier molecular flexibility index (Phi) is 3.35. The van der Waals surface area contributed by atoms with Crippen LogP contribution in [0.15, 0.2) is 29.0 Å². The molecule has 7 heteroatoms. The summed E-state index contributed by atoms with van der Waals surface area (Å²) in [7, 11) is 1.63. The molecule has 0 saturated heterocycles. The van der Waals surface area contributed by atoms with Crippen LogP contribution in [0.25, 0.3) is 16.7 Å². The number of aryl methyl sites for hydroxylation is 1. The SMILES string of the molecule is COc1cc(Br)cc(C)c1-n1cc2cnc(Cl)nc2n1. The van der Waals surface area contributed by atoms with Crippen molar-refractivity contribution in [1.29, 1.82) is 0 Å². The van der Waals surface area contributed by atoms with Gasteiger partial charge in [0.15, 0.2) is 5.65 Å². The van der Waals surface area contributed by atoms with Crippen molar-refractivity contribution in [3.63, 3.8) is 0 Å². The molecule has 0 bridgehead atoms. The Balaban J connectivity index is 2.25. The summed E-state index contributed by atoms with van der Waals surface area (Å²) >= 11 is 9.24. The molecule has 0 fully saturated rings. The summed E-state index contributed by atoms with van der Waals surface area (Å²) in [5.41, 5.74) is 2.45. The molecule has 0 radical (unpaired) electrons. The topological polar surface area (TPSA) is 52.8 Å². The summed E-state index contributed by atoms with van der Waals surface area (Å²) in [6.07, 6.45) is 3.50. The fourth-order valence-electron chi connectivity index (χ4n) is 2.06. The van der Waals surface area contributed by atoms with Crippen LogP contribution in [0.5, 0.6) is 5.75 Å². The lowest BCUT2D eigenvalue weighted by Crippen LogP contribution is -2.01. The number of hydrogen-bond acceptors (Lipinski definition) is 4. The average molecular weight is 354 g/mol. The van der Waals surface area contributed by atoms with Crippen molar-refractivity contribution >= 4 is 38.6 Å². The van der Waals surface area contributed by atoms with Gasteiger partial charge in [-0.2, -0.15) is 4.98 Å². The zero-order valence-corrected chi connectivity index (χ0v) is 13.1. The van der Waals surface area contributed by atoms with E-state index in [1.165, 1.54) is 0 Å². The Morgan fingerprint density at radius 3 is 2.90 bits per heavy atom. The molecular formula is C13H10BrClN4O. The van der Waals surface area contributed by atoms with E-state index in [0.717, 1.165) is 26.9 Å². The number of hydrogen-bond donors (Lipinski definition) is 0. The van der Waals surface area contributed by atoms with Gasteiger partial charge >= 0.3 is 0 Å². The molecule has 5 nitrogen and oxygen atoms in total. The first-order valence-corrected chi connectivity index (χ1v) is 6.98. The number of ether oxygens (including phenoxy) is 1. The van der Waals surface area contributed by atoms with Crippen LogP contribution in [0.1, 0.15) is 5.56 Å². The van der Waals surface area contributed by atoms with Gasteiger partial charge in [-0.1, -0.05) is 15.9 Å². The zero-order chi connectivity index (χ0) is 14.3. The second kappa shape index (κ2) is 5.03. The molecule has 3 aromatic rings. The third-order valence-corrected chi connectivity index (χ3v) is 3.55. The monoisotopic (exact) mass is 352 g/mol. The van der Waals surface area contributed by atoms with Gasteiger partial charge in [0, 0.05) is 16.9 Å². The van der Waals surface area contributed by atoms with Crippen molar-refractivity contribution in [3.8, 4) is 11.4 Å². The Bertz CT molecular complexity index is 802. The number of methoxy groups -OCH3 is 1. The van der Waals surface area contributed by atoms with Gasteiger partial charge in [0.1, 0.15) is 11.4 Å². The molecule has 3 rings (SSSR count). The lowest BCUT2D eigenvalue weighted by molar-refractivity contribution is 0.411. The van der Waals surface area contributed by atoms with Gasteiger partial charge in [-0.05, 0) is 36.2 Å². The predicted molar refractivity (Wildman–Crippen MR) is 80.7 cm³/mol. The maximum atomic E-state index is 5.78. The molecule has 2 aromatic heterocycles. The van der Waals surface area contributed by atoms with E-state index >= 15 is 0 Å². The minimum Gasteiger partial charge on any atom is -0.494 e.